The van der Waals surface area contributed by atoms with Crippen LogP contribution >= 0.6 is 0 Å². The van der Waals surface area contributed by atoms with Crippen molar-refractivity contribution < 1.29 is 4.79 Å². The fourth-order valence-electron chi connectivity index (χ4n) is 3.77. The normalized spacial score (nSPS) is 16.9. The molecule has 0 aromatic heterocycles. The molecule has 0 radical (unpaired) electrons. The van der Waals surface area contributed by atoms with Crippen LogP contribution in [0.2, 0.25) is 0 Å². The summed E-state index contributed by atoms with van der Waals surface area (Å²) in [6.45, 7) is 4.52. The second-order valence-electron chi connectivity index (χ2n) is 7.24. The molecule has 0 heterocycles. The SMILES string of the molecule is Cc1ccc(-c2ccc3cc(C=O)ccc3c2)cc1C1=CCC(C)C1. The number of hydrogen-bond acceptors (Lipinski definition) is 1. The molecule has 25 heavy (non-hydrogen) atoms. The van der Waals surface area contributed by atoms with Crippen LogP contribution in [0.1, 0.15) is 41.3 Å². The van der Waals surface area contributed by atoms with Crippen molar-refractivity contribution in [2.75, 3.05) is 0 Å². The molecule has 0 amide bonds. The third kappa shape index (κ3) is 3.02. The summed E-state index contributed by atoms with van der Waals surface area (Å²) in [6, 6.07) is 19.1. The Morgan fingerprint density at radius 1 is 0.920 bits per heavy atom. The fraction of sp³-hybridized carbons (Fsp3) is 0.208. The molecule has 1 aliphatic carbocycles. The maximum absolute atomic E-state index is 11.0. The van der Waals surface area contributed by atoms with Crippen molar-refractivity contribution in [1.82, 2.24) is 0 Å². The van der Waals surface area contributed by atoms with E-state index in [0.29, 0.717) is 0 Å². The van der Waals surface area contributed by atoms with Gasteiger partial charge in [-0.25, -0.2) is 0 Å². The summed E-state index contributed by atoms with van der Waals surface area (Å²) in [5.41, 5.74) is 7.42. The Bertz CT molecular complexity index is 994. The van der Waals surface area contributed by atoms with E-state index in [1.807, 2.05) is 18.2 Å². The van der Waals surface area contributed by atoms with Gasteiger partial charge in [0.1, 0.15) is 6.29 Å². The van der Waals surface area contributed by atoms with Crippen molar-refractivity contribution >= 4 is 22.6 Å². The van der Waals surface area contributed by atoms with E-state index in [2.05, 4.69) is 56.3 Å². The van der Waals surface area contributed by atoms with E-state index in [4.69, 9.17) is 0 Å². The lowest BCUT2D eigenvalue weighted by atomic mass is 9.93. The molecule has 0 aliphatic heterocycles. The van der Waals surface area contributed by atoms with Gasteiger partial charge < -0.3 is 0 Å². The first-order valence-corrected chi connectivity index (χ1v) is 8.93. The summed E-state index contributed by atoms with van der Waals surface area (Å²) in [7, 11) is 0. The number of hydrogen-bond donors (Lipinski definition) is 0. The molecule has 1 atom stereocenters. The van der Waals surface area contributed by atoms with Crippen molar-refractivity contribution in [2.24, 2.45) is 5.92 Å². The molecular weight excluding hydrogens is 304 g/mol. The maximum Gasteiger partial charge on any atom is 0.150 e. The van der Waals surface area contributed by atoms with Gasteiger partial charge in [-0.1, -0.05) is 49.4 Å². The molecule has 1 unspecified atom stereocenters. The maximum atomic E-state index is 11.0. The highest BCUT2D eigenvalue weighted by Gasteiger charge is 2.16. The minimum Gasteiger partial charge on any atom is -0.298 e. The summed E-state index contributed by atoms with van der Waals surface area (Å²) in [5, 5.41) is 2.27. The van der Waals surface area contributed by atoms with Crippen molar-refractivity contribution in [3.63, 3.8) is 0 Å². The van der Waals surface area contributed by atoms with E-state index in [-0.39, 0.29) is 0 Å². The lowest BCUT2D eigenvalue weighted by Crippen LogP contribution is -1.91. The Morgan fingerprint density at radius 2 is 1.64 bits per heavy atom. The monoisotopic (exact) mass is 326 g/mol. The van der Waals surface area contributed by atoms with E-state index in [1.165, 1.54) is 46.1 Å². The van der Waals surface area contributed by atoms with Gasteiger partial charge in [-0.3, -0.25) is 4.79 Å². The summed E-state index contributed by atoms with van der Waals surface area (Å²) >= 11 is 0. The third-order valence-electron chi connectivity index (χ3n) is 5.25. The number of aldehydes is 1. The van der Waals surface area contributed by atoms with Crippen molar-refractivity contribution in [3.05, 3.63) is 77.4 Å². The fourth-order valence-corrected chi connectivity index (χ4v) is 3.77. The lowest BCUT2D eigenvalue weighted by Gasteiger charge is -2.12. The Hall–Kier alpha value is -2.67. The van der Waals surface area contributed by atoms with Gasteiger partial charge in [0.05, 0.1) is 0 Å². The van der Waals surface area contributed by atoms with Gasteiger partial charge >= 0.3 is 0 Å². The Labute approximate surface area is 149 Å². The van der Waals surface area contributed by atoms with Crippen LogP contribution < -0.4 is 0 Å². The Morgan fingerprint density at radius 3 is 2.40 bits per heavy atom. The highest BCUT2D eigenvalue weighted by molar-refractivity contribution is 5.92. The molecule has 124 valence electrons. The van der Waals surface area contributed by atoms with Crippen LogP contribution in [0.5, 0.6) is 0 Å². The van der Waals surface area contributed by atoms with Gasteiger partial charge in [0.15, 0.2) is 0 Å². The number of carbonyl (C=O) groups is 1. The van der Waals surface area contributed by atoms with Gasteiger partial charge in [-0.05, 0) is 82.5 Å². The van der Waals surface area contributed by atoms with Crippen LogP contribution in [0.4, 0.5) is 0 Å². The number of carbonyl (C=O) groups excluding carboxylic acids is 1. The summed E-state index contributed by atoms with van der Waals surface area (Å²) in [6.07, 6.45) is 5.67. The van der Waals surface area contributed by atoms with E-state index in [0.717, 1.165) is 23.2 Å². The van der Waals surface area contributed by atoms with Gasteiger partial charge in [0.2, 0.25) is 0 Å². The van der Waals surface area contributed by atoms with Crippen LogP contribution in [-0.4, -0.2) is 6.29 Å². The Kier molecular flexibility index (Phi) is 4.01. The van der Waals surface area contributed by atoms with Crippen LogP contribution in [0.15, 0.2) is 60.7 Å². The van der Waals surface area contributed by atoms with E-state index in [9.17, 15) is 4.79 Å². The number of allylic oxidation sites excluding steroid dienone is 2. The average Bonchev–Trinajstić information content (AvgIpc) is 3.07. The topological polar surface area (TPSA) is 17.1 Å². The zero-order valence-corrected chi connectivity index (χ0v) is 14.8. The first-order chi connectivity index (χ1) is 12.1. The van der Waals surface area contributed by atoms with Crippen molar-refractivity contribution in [3.8, 4) is 11.1 Å². The predicted molar refractivity (Wildman–Crippen MR) is 106 cm³/mol. The summed E-state index contributed by atoms with van der Waals surface area (Å²) < 4.78 is 0. The molecular formula is C24H22O. The van der Waals surface area contributed by atoms with Gasteiger partial charge in [0, 0.05) is 5.56 Å². The average molecular weight is 326 g/mol. The molecule has 1 aliphatic rings. The number of fused-ring (bicyclic) bond motifs is 1. The molecule has 3 aromatic rings. The van der Waals surface area contributed by atoms with Crippen LogP contribution in [0.3, 0.4) is 0 Å². The molecule has 0 saturated heterocycles. The number of rotatable bonds is 3. The van der Waals surface area contributed by atoms with Crippen LogP contribution in [0, 0.1) is 12.8 Å². The van der Waals surface area contributed by atoms with Crippen molar-refractivity contribution in [2.45, 2.75) is 26.7 Å². The van der Waals surface area contributed by atoms with Gasteiger partial charge in [-0.15, -0.1) is 0 Å². The zero-order chi connectivity index (χ0) is 17.4. The molecule has 4 rings (SSSR count). The number of benzene rings is 3. The minimum absolute atomic E-state index is 0.722. The molecule has 0 saturated carbocycles. The second kappa shape index (κ2) is 6.33. The molecule has 0 fully saturated rings. The first kappa shape index (κ1) is 15.8. The van der Waals surface area contributed by atoms with Gasteiger partial charge in [0.25, 0.3) is 0 Å². The van der Waals surface area contributed by atoms with Crippen LogP contribution in [-0.2, 0) is 0 Å². The summed E-state index contributed by atoms with van der Waals surface area (Å²) in [5.74, 6) is 0.755. The van der Waals surface area contributed by atoms with E-state index >= 15 is 0 Å². The third-order valence-corrected chi connectivity index (χ3v) is 5.25. The van der Waals surface area contributed by atoms with E-state index in [1.54, 1.807) is 0 Å². The Balaban J connectivity index is 1.77. The predicted octanol–water partition coefficient (Wildman–Crippen LogP) is 6.44. The van der Waals surface area contributed by atoms with E-state index < -0.39 is 0 Å². The van der Waals surface area contributed by atoms with Crippen molar-refractivity contribution in [1.29, 1.82) is 0 Å². The minimum atomic E-state index is 0.722. The largest absolute Gasteiger partial charge is 0.298 e. The number of aryl methyl sites for hydroxylation is 1. The smallest absolute Gasteiger partial charge is 0.150 e. The molecule has 1 nitrogen and oxygen atoms in total. The molecule has 0 spiro atoms. The standard InChI is InChI=1S/C24H22O/c1-16-3-6-23(11-16)24-14-22(7-4-17(24)2)21-10-9-19-12-18(15-25)5-8-20(19)13-21/h4-10,12-16H,3,11H2,1-2H3. The molecule has 0 N–H and O–H groups in total. The van der Waals surface area contributed by atoms with Crippen LogP contribution in [0.25, 0.3) is 27.5 Å². The van der Waals surface area contributed by atoms with Gasteiger partial charge in [-0.2, -0.15) is 0 Å². The second-order valence-corrected chi connectivity index (χ2v) is 7.24. The zero-order valence-electron chi connectivity index (χ0n) is 14.8. The molecule has 3 aromatic carbocycles. The lowest BCUT2D eigenvalue weighted by molar-refractivity contribution is 0.112. The highest BCUT2D eigenvalue weighted by atomic mass is 16.1. The molecule has 0 bridgehead atoms. The quantitative estimate of drug-likeness (QED) is 0.506. The molecule has 1 heteroatoms. The first-order valence-electron chi connectivity index (χ1n) is 8.93. The highest BCUT2D eigenvalue weighted by Crippen LogP contribution is 2.36. The summed E-state index contributed by atoms with van der Waals surface area (Å²) in [4.78, 5) is 11.0.